The van der Waals surface area contributed by atoms with Crippen LogP contribution in [-0.4, -0.2) is 34.0 Å². The van der Waals surface area contributed by atoms with E-state index in [0.29, 0.717) is 30.1 Å². The van der Waals surface area contributed by atoms with Crippen LogP contribution in [0.15, 0.2) is 28.8 Å². The lowest BCUT2D eigenvalue weighted by atomic mass is 9.74. The van der Waals surface area contributed by atoms with Gasteiger partial charge in [0.1, 0.15) is 5.82 Å². The van der Waals surface area contributed by atoms with Crippen molar-refractivity contribution in [2.45, 2.75) is 56.8 Å². The number of carbonyl (C=O) groups excluding carboxylic acids is 1. The summed E-state index contributed by atoms with van der Waals surface area (Å²) in [6.07, 6.45) is 8.71. The standard InChI is InChI=1S/C22H26FN3O2/c23-18-9-7-16(8-10-18)19-24-21(25-28-19)22(13-15-5-6-15)11-2-12-26(14-22)20(27)17-3-1-4-17/h7-10,15,17H,1-6,11-14H2. The molecule has 2 saturated carbocycles. The molecule has 2 heterocycles. The Bertz CT molecular complexity index is 857. The first-order valence-corrected chi connectivity index (χ1v) is 10.5. The fraction of sp³-hybridized carbons (Fsp3) is 0.591. The van der Waals surface area contributed by atoms with Crippen molar-refractivity contribution in [3.63, 3.8) is 0 Å². The van der Waals surface area contributed by atoms with Crippen LogP contribution in [0.25, 0.3) is 11.5 Å². The van der Waals surface area contributed by atoms with Gasteiger partial charge in [0, 0.05) is 24.6 Å². The summed E-state index contributed by atoms with van der Waals surface area (Å²) in [5.74, 6) is 2.08. The van der Waals surface area contributed by atoms with E-state index >= 15 is 0 Å². The fourth-order valence-corrected chi connectivity index (χ4v) is 4.70. The van der Waals surface area contributed by atoms with Gasteiger partial charge in [-0.2, -0.15) is 4.98 Å². The largest absolute Gasteiger partial charge is 0.341 e. The second kappa shape index (κ2) is 6.98. The van der Waals surface area contributed by atoms with E-state index in [1.165, 1.54) is 31.4 Å². The van der Waals surface area contributed by atoms with Gasteiger partial charge in [-0.3, -0.25) is 4.79 Å². The molecule has 28 heavy (non-hydrogen) atoms. The predicted molar refractivity (Wildman–Crippen MR) is 102 cm³/mol. The predicted octanol–water partition coefficient (Wildman–Crippen LogP) is 4.34. The second-order valence-electron chi connectivity index (χ2n) is 8.85. The summed E-state index contributed by atoms with van der Waals surface area (Å²) in [5, 5.41) is 4.35. The zero-order valence-electron chi connectivity index (χ0n) is 16.1. The minimum absolute atomic E-state index is 0.219. The van der Waals surface area contributed by atoms with Crippen LogP contribution in [0.2, 0.25) is 0 Å². The van der Waals surface area contributed by atoms with Crippen molar-refractivity contribution >= 4 is 5.91 Å². The molecule has 148 valence electrons. The Labute approximate surface area is 164 Å². The van der Waals surface area contributed by atoms with Crippen LogP contribution >= 0.6 is 0 Å². The lowest BCUT2D eigenvalue weighted by Gasteiger charge is -2.43. The van der Waals surface area contributed by atoms with Crippen molar-refractivity contribution in [3.8, 4) is 11.5 Å². The Morgan fingerprint density at radius 1 is 1.18 bits per heavy atom. The smallest absolute Gasteiger partial charge is 0.257 e. The van der Waals surface area contributed by atoms with E-state index in [2.05, 4.69) is 10.1 Å². The average molecular weight is 383 g/mol. The summed E-state index contributed by atoms with van der Waals surface area (Å²) in [7, 11) is 0. The van der Waals surface area contributed by atoms with Crippen molar-refractivity contribution in [1.29, 1.82) is 0 Å². The lowest BCUT2D eigenvalue weighted by Crippen LogP contribution is -2.51. The first kappa shape index (κ1) is 17.8. The zero-order valence-corrected chi connectivity index (χ0v) is 16.1. The number of hydrogen-bond donors (Lipinski definition) is 0. The molecule has 5 rings (SSSR count). The third kappa shape index (κ3) is 3.33. The molecule has 0 bridgehead atoms. The second-order valence-corrected chi connectivity index (χ2v) is 8.85. The summed E-state index contributed by atoms with van der Waals surface area (Å²) in [5.41, 5.74) is 0.501. The molecule has 2 aromatic rings. The Balaban J connectivity index is 1.42. The number of piperidine rings is 1. The van der Waals surface area contributed by atoms with Crippen molar-refractivity contribution in [3.05, 3.63) is 35.9 Å². The first-order valence-electron chi connectivity index (χ1n) is 10.5. The minimum atomic E-state index is -0.286. The number of benzene rings is 1. The number of amides is 1. The van der Waals surface area contributed by atoms with E-state index in [4.69, 9.17) is 9.51 Å². The van der Waals surface area contributed by atoms with Crippen LogP contribution in [-0.2, 0) is 10.2 Å². The Kier molecular flexibility index (Phi) is 4.44. The molecule has 1 amide bonds. The monoisotopic (exact) mass is 383 g/mol. The molecule has 6 heteroatoms. The molecule has 3 aliphatic rings. The fourth-order valence-electron chi connectivity index (χ4n) is 4.70. The topological polar surface area (TPSA) is 59.2 Å². The zero-order chi connectivity index (χ0) is 19.1. The number of halogens is 1. The highest BCUT2D eigenvalue weighted by Gasteiger charge is 2.46. The molecule has 3 fully saturated rings. The molecule has 5 nitrogen and oxygen atoms in total. The van der Waals surface area contributed by atoms with Gasteiger partial charge in [-0.05, 0) is 62.3 Å². The van der Waals surface area contributed by atoms with Gasteiger partial charge in [0.25, 0.3) is 5.89 Å². The molecule has 0 radical (unpaired) electrons. The molecule has 1 atom stereocenters. The van der Waals surface area contributed by atoms with Crippen molar-refractivity contribution in [2.24, 2.45) is 11.8 Å². The van der Waals surface area contributed by atoms with Gasteiger partial charge >= 0.3 is 0 Å². The van der Waals surface area contributed by atoms with E-state index in [1.807, 2.05) is 0 Å². The summed E-state index contributed by atoms with van der Waals surface area (Å²) >= 11 is 0. The molecule has 0 spiro atoms. The molecule has 1 aromatic carbocycles. The third-order valence-electron chi connectivity index (χ3n) is 6.71. The molecule has 2 aliphatic carbocycles. The highest BCUT2D eigenvalue weighted by atomic mass is 19.1. The molecular formula is C22H26FN3O2. The maximum absolute atomic E-state index is 13.2. The van der Waals surface area contributed by atoms with Gasteiger partial charge in [-0.25, -0.2) is 4.39 Å². The van der Waals surface area contributed by atoms with Gasteiger partial charge in [0.2, 0.25) is 5.91 Å². The summed E-state index contributed by atoms with van der Waals surface area (Å²) in [6, 6.07) is 6.12. The highest BCUT2D eigenvalue weighted by molar-refractivity contribution is 5.79. The summed E-state index contributed by atoms with van der Waals surface area (Å²) < 4.78 is 18.8. The number of hydrogen-bond acceptors (Lipinski definition) is 4. The first-order chi connectivity index (χ1) is 13.6. The number of carbonyl (C=O) groups is 1. The summed E-state index contributed by atoms with van der Waals surface area (Å²) in [6.45, 7) is 1.53. The molecule has 1 aliphatic heterocycles. The number of likely N-dealkylation sites (tertiary alicyclic amines) is 1. The summed E-state index contributed by atoms with van der Waals surface area (Å²) in [4.78, 5) is 19.7. The Morgan fingerprint density at radius 2 is 1.96 bits per heavy atom. The van der Waals surface area contributed by atoms with Crippen molar-refractivity contribution in [1.82, 2.24) is 15.0 Å². The third-order valence-corrected chi connectivity index (χ3v) is 6.71. The van der Waals surface area contributed by atoms with Crippen LogP contribution in [0.5, 0.6) is 0 Å². The Morgan fingerprint density at radius 3 is 2.64 bits per heavy atom. The maximum atomic E-state index is 13.2. The van der Waals surface area contributed by atoms with Crippen molar-refractivity contribution in [2.75, 3.05) is 13.1 Å². The number of rotatable bonds is 5. The van der Waals surface area contributed by atoms with Crippen molar-refractivity contribution < 1.29 is 13.7 Å². The Hall–Kier alpha value is -2.24. The van der Waals surface area contributed by atoms with Gasteiger partial charge in [0.05, 0.1) is 5.41 Å². The van der Waals surface area contributed by atoms with E-state index in [-0.39, 0.29) is 17.2 Å². The van der Waals surface area contributed by atoms with Gasteiger partial charge in [-0.1, -0.05) is 24.4 Å². The molecule has 1 unspecified atom stereocenters. The SMILES string of the molecule is O=C(C1CCC1)N1CCCC(CC2CC2)(c2noc(-c3ccc(F)cc3)n2)C1. The minimum Gasteiger partial charge on any atom is -0.341 e. The quantitative estimate of drug-likeness (QED) is 0.771. The van der Waals surface area contributed by atoms with Crippen LogP contribution in [0.1, 0.15) is 57.2 Å². The number of aromatic nitrogens is 2. The van der Waals surface area contributed by atoms with E-state index in [0.717, 1.165) is 44.2 Å². The molecule has 0 N–H and O–H groups in total. The van der Waals surface area contributed by atoms with E-state index in [9.17, 15) is 9.18 Å². The van der Waals surface area contributed by atoms with Gasteiger partial charge in [0.15, 0.2) is 5.82 Å². The normalized spacial score (nSPS) is 25.5. The van der Waals surface area contributed by atoms with Crippen LogP contribution in [0, 0.1) is 17.7 Å². The highest BCUT2D eigenvalue weighted by Crippen LogP contribution is 2.46. The average Bonchev–Trinajstić information content (AvgIpc) is 3.32. The van der Waals surface area contributed by atoms with E-state index < -0.39 is 0 Å². The lowest BCUT2D eigenvalue weighted by molar-refractivity contribution is -0.140. The maximum Gasteiger partial charge on any atom is 0.257 e. The van der Waals surface area contributed by atoms with Crippen LogP contribution in [0.4, 0.5) is 4.39 Å². The van der Waals surface area contributed by atoms with E-state index in [1.54, 1.807) is 12.1 Å². The molecule has 1 saturated heterocycles. The van der Waals surface area contributed by atoms with Gasteiger partial charge in [-0.15, -0.1) is 0 Å². The molecular weight excluding hydrogens is 357 g/mol. The number of nitrogens with zero attached hydrogens (tertiary/aromatic N) is 3. The molecule has 1 aromatic heterocycles. The van der Waals surface area contributed by atoms with Crippen LogP contribution in [0.3, 0.4) is 0 Å². The van der Waals surface area contributed by atoms with Gasteiger partial charge < -0.3 is 9.42 Å². The van der Waals surface area contributed by atoms with Crippen LogP contribution < -0.4 is 0 Å².